The number of carbonyl (C=O) groups is 1. The van der Waals surface area contributed by atoms with Gasteiger partial charge in [-0.05, 0) is 26.3 Å². The van der Waals surface area contributed by atoms with E-state index in [4.69, 9.17) is 4.74 Å². The molecule has 1 saturated heterocycles. The minimum absolute atomic E-state index is 0.0915. The second-order valence-electron chi connectivity index (χ2n) is 7.16. The van der Waals surface area contributed by atoms with Gasteiger partial charge in [-0.25, -0.2) is 4.39 Å². The minimum Gasteiger partial charge on any atom is -0.396 e. The fourth-order valence-electron chi connectivity index (χ4n) is 4.50. The first-order chi connectivity index (χ1) is 10.7. The summed E-state index contributed by atoms with van der Waals surface area (Å²) in [6, 6.07) is 7.52. The monoisotopic (exact) mass is 321 g/mol. The Balaban J connectivity index is 2.14. The molecular weight excluding hydrogens is 297 g/mol. The largest absolute Gasteiger partial charge is 0.396 e. The lowest BCUT2D eigenvalue weighted by Gasteiger charge is -2.32. The molecule has 2 aliphatic rings. The molecule has 2 aliphatic heterocycles. The molecule has 0 aromatic heterocycles. The van der Waals surface area contributed by atoms with Crippen molar-refractivity contribution in [2.45, 2.75) is 44.6 Å². The van der Waals surface area contributed by atoms with E-state index in [1.54, 1.807) is 11.9 Å². The molecule has 1 spiro atoms. The van der Waals surface area contributed by atoms with E-state index in [1.165, 1.54) is 13.8 Å². The number of anilines is 1. The molecule has 1 N–H and O–H groups in total. The number of aliphatic hydroxyl groups is 1. The Labute approximate surface area is 136 Å². The number of fused-ring (bicyclic) bond motifs is 2. The number of hydrogen-bond acceptors (Lipinski definition) is 3. The number of amides is 1. The number of halogens is 1. The van der Waals surface area contributed by atoms with E-state index in [1.807, 2.05) is 31.2 Å². The lowest BCUT2D eigenvalue weighted by molar-refractivity contribution is -0.146. The second kappa shape index (κ2) is 5.28. The topological polar surface area (TPSA) is 49.8 Å². The Morgan fingerprint density at radius 3 is 2.65 bits per heavy atom. The molecule has 4 nitrogen and oxygen atoms in total. The van der Waals surface area contributed by atoms with Crippen LogP contribution < -0.4 is 4.90 Å². The molecule has 1 fully saturated rings. The van der Waals surface area contributed by atoms with Gasteiger partial charge in [-0.2, -0.15) is 0 Å². The van der Waals surface area contributed by atoms with Crippen molar-refractivity contribution < 1.29 is 19.0 Å². The number of rotatable bonds is 3. The van der Waals surface area contributed by atoms with Crippen LogP contribution in [0.2, 0.25) is 0 Å². The van der Waals surface area contributed by atoms with Gasteiger partial charge < -0.3 is 14.7 Å². The van der Waals surface area contributed by atoms with Crippen molar-refractivity contribution in [3.8, 4) is 0 Å². The van der Waals surface area contributed by atoms with Crippen LogP contribution in [0.25, 0.3) is 0 Å². The van der Waals surface area contributed by atoms with Crippen LogP contribution in [0.15, 0.2) is 24.3 Å². The lowest BCUT2D eigenvalue weighted by Crippen LogP contribution is -2.44. The first-order valence-electron chi connectivity index (χ1n) is 8.10. The average Bonchev–Trinajstić information content (AvgIpc) is 2.89. The highest BCUT2D eigenvalue weighted by Crippen LogP contribution is 2.57. The molecule has 2 heterocycles. The SMILES string of the molecule is C[C@H]1[C@H](C(C)(C)F)[C@@H](CCO)O[C@]12C(=O)N(C)c1ccccc12. The Morgan fingerprint density at radius 1 is 1.39 bits per heavy atom. The third-order valence-corrected chi connectivity index (χ3v) is 5.41. The van der Waals surface area contributed by atoms with Gasteiger partial charge >= 0.3 is 0 Å². The fourth-order valence-corrected chi connectivity index (χ4v) is 4.50. The zero-order valence-electron chi connectivity index (χ0n) is 14.0. The summed E-state index contributed by atoms with van der Waals surface area (Å²) in [6.45, 7) is 4.84. The first-order valence-corrected chi connectivity index (χ1v) is 8.10. The van der Waals surface area contributed by atoms with Crippen LogP contribution in [0.4, 0.5) is 10.1 Å². The molecular formula is C18H24FNO3. The fraction of sp³-hybridized carbons (Fsp3) is 0.611. The molecule has 1 aromatic carbocycles. The number of benzene rings is 1. The van der Waals surface area contributed by atoms with Crippen LogP contribution in [-0.2, 0) is 15.1 Å². The van der Waals surface area contributed by atoms with Gasteiger partial charge in [-0.1, -0.05) is 25.1 Å². The third-order valence-electron chi connectivity index (χ3n) is 5.41. The van der Waals surface area contributed by atoms with E-state index in [9.17, 15) is 14.3 Å². The lowest BCUT2D eigenvalue weighted by atomic mass is 9.71. The molecule has 23 heavy (non-hydrogen) atoms. The first kappa shape index (κ1) is 16.4. The van der Waals surface area contributed by atoms with Gasteiger partial charge in [0, 0.05) is 31.1 Å². The normalized spacial score (nSPS) is 33.6. The zero-order valence-corrected chi connectivity index (χ0v) is 14.0. The van der Waals surface area contributed by atoms with E-state index in [-0.39, 0.29) is 18.4 Å². The van der Waals surface area contributed by atoms with Gasteiger partial charge in [0.15, 0.2) is 5.60 Å². The summed E-state index contributed by atoms with van der Waals surface area (Å²) in [5, 5.41) is 9.34. The molecule has 4 atom stereocenters. The van der Waals surface area contributed by atoms with Crippen molar-refractivity contribution >= 4 is 11.6 Å². The van der Waals surface area contributed by atoms with Crippen LogP contribution >= 0.6 is 0 Å². The van der Waals surface area contributed by atoms with Gasteiger partial charge in [-0.3, -0.25) is 4.79 Å². The van der Waals surface area contributed by atoms with Crippen molar-refractivity contribution in [1.82, 2.24) is 0 Å². The Morgan fingerprint density at radius 2 is 2.04 bits per heavy atom. The molecule has 0 bridgehead atoms. The van der Waals surface area contributed by atoms with Crippen LogP contribution in [-0.4, -0.2) is 36.4 Å². The number of nitrogens with zero attached hydrogens (tertiary/aromatic N) is 1. The summed E-state index contributed by atoms with van der Waals surface area (Å²) in [4.78, 5) is 14.6. The number of aliphatic hydroxyl groups excluding tert-OH is 1. The summed E-state index contributed by atoms with van der Waals surface area (Å²) >= 11 is 0. The van der Waals surface area contributed by atoms with Gasteiger partial charge in [0.2, 0.25) is 0 Å². The number of ether oxygens (including phenoxy) is 1. The smallest absolute Gasteiger partial charge is 0.264 e. The van der Waals surface area contributed by atoms with E-state index in [0.717, 1.165) is 11.3 Å². The van der Waals surface area contributed by atoms with E-state index in [2.05, 4.69) is 0 Å². The molecule has 0 saturated carbocycles. The van der Waals surface area contributed by atoms with Crippen molar-refractivity contribution in [2.75, 3.05) is 18.6 Å². The Bertz CT molecular complexity index is 627. The summed E-state index contributed by atoms with van der Waals surface area (Å²) in [5.41, 5.74) is -1.04. The highest BCUT2D eigenvalue weighted by Gasteiger charge is 2.65. The van der Waals surface area contributed by atoms with Crippen molar-refractivity contribution in [1.29, 1.82) is 0 Å². The van der Waals surface area contributed by atoms with Crippen LogP contribution in [0, 0.1) is 11.8 Å². The zero-order chi connectivity index (χ0) is 17.0. The number of likely N-dealkylation sites (N-methyl/N-ethyl adjacent to an activating group) is 1. The quantitative estimate of drug-likeness (QED) is 0.931. The summed E-state index contributed by atoms with van der Waals surface area (Å²) in [7, 11) is 1.72. The van der Waals surface area contributed by atoms with Crippen LogP contribution in [0.1, 0.15) is 32.8 Å². The predicted molar refractivity (Wildman–Crippen MR) is 85.9 cm³/mol. The standard InChI is InChI=1S/C18H24FNO3/c1-11-15(17(2,3)19)14(9-10-21)23-18(11)12-7-5-6-8-13(12)20(4)16(18)22/h5-8,11,14-15,21H,9-10H2,1-4H3/t11-,14+,15-,18+/m0/s1. The molecule has 0 aliphatic carbocycles. The molecule has 1 aromatic rings. The van der Waals surface area contributed by atoms with E-state index < -0.39 is 23.3 Å². The van der Waals surface area contributed by atoms with Gasteiger partial charge in [-0.15, -0.1) is 0 Å². The third kappa shape index (κ3) is 2.13. The molecule has 126 valence electrons. The molecule has 5 heteroatoms. The Kier molecular flexibility index (Phi) is 3.76. The number of carbonyl (C=O) groups excluding carboxylic acids is 1. The van der Waals surface area contributed by atoms with Crippen molar-refractivity contribution in [2.24, 2.45) is 11.8 Å². The summed E-state index contributed by atoms with van der Waals surface area (Å²) in [6.07, 6.45) is -0.165. The molecule has 3 rings (SSSR count). The van der Waals surface area contributed by atoms with Gasteiger partial charge in [0.25, 0.3) is 5.91 Å². The maximum absolute atomic E-state index is 14.9. The number of hydrogen-bond donors (Lipinski definition) is 1. The van der Waals surface area contributed by atoms with E-state index in [0.29, 0.717) is 6.42 Å². The minimum atomic E-state index is -1.50. The van der Waals surface area contributed by atoms with Gasteiger partial charge in [0.05, 0.1) is 11.8 Å². The highest BCUT2D eigenvalue weighted by atomic mass is 19.1. The Hall–Kier alpha value is -1.46. The van der Waals surface area contributed by atoms with Crippen molar-refractivity contribution in [3.05, 3.63) is 29.8 Å². The van der Waals surface area contributed by atoms with E-state index >= 15 is 0 Å². The average molecular weight is 321 g/mol. The highest BCUT2D eigenvalue weighted by molar-refractivity contribution is 6.07. The predicted octanol–water partition coefficient (Wildman–Crippen LogP) is 2.64. The summed E-state index contributed by atoms with van der Waals surface area (Å²) in [5.74, 6) is -0.934. The summed E-state index contributed by atoms with van der Waals surface area (Å²) < 4.78 is 21.1. The maximum atomic E-state index is 14.9. The number of para-hydroxylation sites is 1. The molecule has 1 amide bonds. The maximum Gasteiger partial charge on any atom is 0.264 e. The van der Waals surface area contributed by atoms with Gasteiger partial charge in [0.1, 0.15) is 5.67 Å². The second-order valence-corrected chi connectivity index (χ2v) is 7.16. The van der Waals surface area contributed by atoms with Crippen molar-refractivity contribution in [3.63, 3.8) is 0 Å². The van der Waals surface area contributed by atoms with Crippen LogP contribution in [0.3, 0.4) is 0 Å². The molecule has 0 unspecified atom stereocenters. The van der Waals surface area contributed by atoms with Crippen LogP contribution in [0.5, 0.6) is 0 Å². The number of alkyl halides is 1. The molecule has 0 radical (unpaired) electrons.